The second-order valence-corrected chi connectivity index (χ2v) is 9.83. The molecule has 0 spiro atoms. The Morgan fingerprint density at radius 1 is 1.03 bits per heavy atom. The normalized spacial score (nSPS) is 15.2. The number of piperidine rings is 1. The molecule has 0 bridgehead atoms. The summed E-state index contributed by atoms with van der Waals surface area (Å²) in [5.74, 6) is 0.770. The summed E-state index contributed by atoms with van der Waals surface area (Å²) in [5.41, 5.74) is 2.52. The van der Waals surface area contributed by atoms with Gasteiger partial charge in [-0.25, -0.2) is 4.39 Å². The molecule has 0 aliphatic carbocycles. The number of amides is 2. The molecule has 1 aliphatic heterocycles. The zero-order valence-electron chi connectivity index (χ0n) is 21.2. The number of likely N-dealkylation sites (tertiary alicyclic amines) is 1. The zero-order chi connectivity index (χ0) is 25.7. The molecule has 2 heterocycles. The van der Waals surface area contributed by atoms with Crippen LogP contribution in [0.2, 0.25) is 0 Å². The SMILES string of the molecule is CN(C)CC(=O)N(C)[C@H](Cc1ccc(F)cc1)C1CCN(C(=O)c2cccc(-c3ccco3)c2)CC1. The number of hydrogen-bond acceptors (Lipinski definition) is 4. The number of nitrogens with zero attached hydrogens (tertiary/aromatic N) is 3. The molecule has 3 aromatic rings. The number of halogens is 1. The van der Waals surface area contributed by atoms with Crippen molar-refractivity contribution in [2.24, 2.45) is 5.92 Å². The summed E-state index contributed by atoms with van der Waals surface area (Å²) in [5, 5.41) is 0. The molecular weight excluding hydrogens is 457 g/mol. The third-order valence-corrected chi connectivity index (χ3v) is 6.99. The van der Waals surface area contributed by atoms with E-state index in [1.807, 2.05) is 72.2 Å². The minimum Gasteiger partial charge on any atom is -0.464 e. The van der Waals surface area contributed by atoms with Gasteiger partial charge in [-0.05, 0) is 81.2 Å². The van der Waals surface area contributed by atoms with E-state index in [1.165, 1.54) is 12.1 Å². The molecule has 1 atom stereocenters. The Labute approximate surface area is 212 Å². The average molecular weight is 492 g/mol. The van der Waals surface area contributed by atoms with Gasteiger partial charge in [0.1, 0.15) is 11.6 Å². The molecule has 1 saturated heterocycles. The van der Waals surface area contributed by atoms with E-state index >= 15 is 0 Å². The van der Waals surface area contributed by atoms with Gasteiger partial charge in [0.2, 0.25) is 5.91 Å². The van der Waals surface area contributed by atoms with Crippen LogP contribution in [-0.4, -0.2) is 73.3 Å². The van der Waals surface area contributed by atoms with Crippen LogP contribution in [0, 0.1) is 11.7 Å². The van der Waals surface area contributed by atoms with Crippen LogP contribution in [0.3, 0.4) is 0 Å². The number of likely N-dealkylation sites (N-methyl/N-ethyl adjacent to an activating group) is 2. The van der Waals surface area contributed by atoms with E-state index < -0.39 is 0 Å². The summed E-state index contributed by atoms with van der Waals surface area (Å²) < 4.78 is 18.9. The van der Waals surface area contributed by atoms with E-state index in [0.717, 1.165) is 29.7 Å². The Morgan fingerprint density at radius 3 is 2.39 bits per heavy atom. The predicted octanol–water partition coefficient (Wildman–Crippen LogP) is 4.57. The van der Waals surface area contributed by atoms with Gasteiger partial charge in [0, 0.05) is 37.3 Å². The lowest BCUT2D eigenvalue weighted by molar-refractivity contribution is -0.134. The Kier molecular flexibility index (Phi) is 8.21. The number of furan rings is 1. The molecule has 0 radical (unpaired) electrons. The van der Waals surface area contributed by atoms with Gasteiger partial charge in [0.15, 0.2) is 0 Å². The second-order valence-electron chi connectivity index (χ2n) is 9.83. The quantitative estimate of drug-likeness (QED) is 0.463. The molecule has 2 amide bonds. The molecule has 4 rings (SSSR count). The van der Waals surface area contributed by atoms with Crippen LogP contribution in [-0.2, 0) is 11.2 Å². The van der Waals surface area contributed by atoms with Crippen molar-refractivity contribution < 1.29 is 18.4 Å². The van der Waals surface area contributed by atoms with Gasteiger partial charge in [-0.3, -0.25) is 9.59 Å². The first-order chi connectivity index (χ1) is 17.3. The maximum Gasteiger partial charge on any atom is 0.253 e. The average Bonchev–Trinajstić information content (AvgIpc) is 3.43. The lowest BCUT2D eigenvalue weighted by Gasteiger charge is -2.40. The van der Waals surface area contributed by atoms with Gasteiger partial charge in [0.05, 0.1) is 12.8 Å². The lowest BCUT2D eigenvalue weighted by Crippen LogP contribution is -2.50. The van der Waals surface area contributed by atoms with E-state index in [2.05, 4.69) is 0 Å². The van der Waals surface area contributed by atoms with Crippen molar-refractivity contribution in [2.45, 2.75) is 25.3 Å². The summed E-state index contributed by atoms with van der Waals surface area (Å²) in [6.07, 6.45) is 3.88. The Balaban J connectivity index is 1.45. The van der Waals surface area contributed by atoms with E-state index in [9.17, 15) is 14.0 Å². The first kappa shape index (κ1) is 25.6. The van der Waals surface area contributed by atoms with Gasteiger partial charge in [-0.15, -0.1) is 0 Å². The number of hydrogen-bond donors (Lipinski definition) is 0. The predicted molar refractivity (Wildman–Crippen MR) is 138 cm³/mol. The molecule has 2 aromatic carbocycles. The number of rotatable bonds is 8. The summed E-state index contributed by atoms with van der Waals surface area (Å²) in [6.45, 7) is 1.59. The van der Waals surface area contributed by atoms with Gasteiger partial charge in [0.25, 0.3) is 5.91 Å². The fraction of sp³-hybridized carbons (Fsp3) is 0.379. The van der Waals surface area contributed by atoms with Crippen LogP contribution in [0.4, 0.5) is 4.39 Å². The molecule has 0 unspecified atom stereocenters. The molecule has 0 saturated carbocycles. The van der Waals surface area contributed by atoms with Crippen molar-refractivity contribution in [3.8, 4) is 11.3 Å². The fourth-order valence-electron chi connectivity index (χ4n) is 4.97. The van der Waals surface area contributed by atoms with Crippen LogP contribution in [0.15, 0.2) is 71.3 Å². The van der Waals surface area contributed by atoms with Gasteiger partial charge in [-0.1, -0.05) is 24.3 Å². The maximum atomic E-state index is 13.5. The van der Waals surface area contributed by atoms with Gasteiger partial charge < -0.3 is 19.1 Å². The van der Waals surface area contributed by atoms with Crippen LogP contribution < -0.4 is 0 Å². The first-order valence-electron chi connectivity index (χ1n) is 12.4. The highest BCUT2D eigenvalue weighted by Gasteiger charge is 2.33. The molecule has 1 aliphatic rings. The first-order valence-corrected chi connectivity index (χ1v) is 12.4. The van der Waals surface area contributed by atoms with Crippen LogP contribution in [0.25, 0.3) is 11.3 Å². The minimum atomic E-state index is -0.268. The third kappa shape index (κ3) is 6.21. The summed E-state index contributed by atoms with van der Waals surface area (Å²) in [6, 6.07) is 17.7. The topological polar surface area (TPSA) is 57.0 Å². The highest BCUT2D eigenvalue weighted by molar-refractivity contribution is 5.95. The Morgan fingerprint density at radius 2 is 1.75 bits per heavy atom. The molecule has 0 N–H and O–H groups in total. The molecule has 1 aromatic heterocycles. The zero-order valence-corrected chi connectivity index (χ0v) is 21.2. The van der Waals surface area contributed by atoms with Gasteiger partial charge in [-0.2, -0.15) is 0 Å². The molecule has 6 nitrogen and oxygen atoms in total. The summed E-state index contributed by atoms with van der Waals surface area (Å²) in [4.78, 5) is 31.8. The van der Waals surface area contributed by atoms with Crippen molar-refractivity contribution >= 4 is 11.8 Å². The van der Waals surface area contributed by atoms with Crippen molar-refractivity contribution in [1.29, 1.82) is 0 Å². The Hall–Kier alpha value is -3.45. The number of carbonyl (C=O) groups excluding carboxylic acids is 2. The lowest BCUT2D eigenvalue weighted by atomic mass is 9.84. The van der Waals surface area contributed by atoms with Crippen molar-refractivity contribution in [3.05, 3.63) is 83.9 Å². The van der Waals surface area contributed by atoms with Crippen molar-refractivity contribution in [2.75, 3.05) is 40.8 Å². The fourth-order valence-corrected chi connectivity index (χ4v) is 4.97. The van der Waals surface area contributed by atoms with Gasteiger partial charge >= 0.3 is 0 Å². The largest absolute Gasteiger partial charge is 0.464 e. The van der Waals surface area contributed by atoms with E-state index in [4.69, 9.17) is 4.42 Å². The highest BCUT2D eigenvalue weighted by Crippen LogP contribution is 2.28. The molecular formula is C29H34FN3O3. The van der Waals surface area contributed by atoms with E-state index in [0.29, 0.717) is 31.6 Å². The number of benzene rings is 2. The molecule has 36 heavy (non-hydrogen) atoms. The summed E-state index contributed by atoms with van der Waals surface area (Å²) >= 11 is 0. The van der Waals surface area contributed by atoms with Crippen molar-refractivity contribution in [3.63, 3.8) is 0 Å². The molecule has 7 heteroatoms. The maximum absolute atomic E-state index is 13.5. The van der Waals surface area contributed by atoms with Crippen LogP contribution in [0.5, 0.6) is 0 Å². The highest BCUT2D eigenvalue weighted by atomic mass is 19.1. The number of carbonyl (C=O) groups is 2. The summed E-state index contributed by atoms with van der Waals surface area (Å²) in [7, 11) is 5.62. The molecule has 1 fully saturated rings. The monoisotopic (exact) mass is 491 g/mol. The standard InChI is InChI=1S/C29H34FN3O3/c1-31(2)20-28(34)32(3)26(18-21-9-11-25(30)12-10-21)22-13-15-33(16-14-22)29(35)24-7-4-6-23(19-24)27-8-5-17-36-27/h4-12,17,19,22,26H,13-16,18,20H2,1-3H3/t26-/m1/s1. The smallest absolute Gasteiger partial charge is 0.253 e. The molecule has 190 valence electrons. The van der Waals surface area contributed by atoms with Crippen molar-refractivity contribution in [1.82, 2.24) is 14.7 Å². The minimum absolute atomic E-state index is 0.00831. The van der Waals surface area contributed by atoms with E-state index in [-0.39, 0.29) is 29.6 Å². The third-order valence-electron chi connectivity index (χ3n) is 6.99. The second kappa shape index (κ2) is 11.5. The van der Waals surface area contributed by atoms with E-state index in [1.54, 1.807) is 18.4 Å². The Bertz CT molecular complexity index is 1150. The van der Waals surface area contributed by atoms with Crippen LogP contribution in [0.1, 0.15) is 28.8 Å². The van der Waals surface area contributed by atoms with Crippen LogP contribution >= 0.6 is 0 Å².